The van der Waals surface area contributed by atoms with Crippen LogP contribution in [0.25, 0.3) is 0 Å². The Hall–Kier alpha value is -1.40. The molecule has 2 aliphatic rings. The Morgan fingerprint density at radius 1 is 1.21 bits per heavy atom. The maximum Gasteiger partial charge on any atom is 0.126 e. The monoisotopic (exact) mass is 258 g/mol. The Balaban J connectivity index is 1.54. The zero-order valence-corrected chi connectivity index (χ0v) is 11.0. The second-order valence-electron chi connectivity index (χ2n) is 5.83. The van der Waals surface area contributed by atoms with E-state index in [0.29, 0.717) is 18.0 Å². The number of nitrogens with one attached hydrogen (secondary N) is 1. The van der Waals surface area contributed by atoms with Crippen molar-refractivity contribution in [2.45, 2.75) is 50.1 Å². The third-order valence-electron chi connectivity index (χ3n) is 4.61. The lowest BCUT2D eigenvalue weighted by molar-refractivity contribution is 0.251. The largest absolute Gasteiger partial charge is 0.310 e. The first-order valence-corrected chi connectivity index (χ1v) is 7.18. The van der Waals surface area contributed by atoms with Gasteiger partial charge in [0.25, 0.3) is 0 Å². The average molecular weight is 258 g/mol. The lowest BCUT2D eigenvalue weighted by atomic mass is 9.75. The minimum absolute atomic E-state index is 0.0817. The minimum Gasteiger partial charge on any atom is -0.310 e. The predicted octanol–water partition coefficient (Wildman–Crippen LogP) is 3.35. The fraction of sp³-hybridized carbons (Fsp3) is 0.562. The third-order valence-corrected chi connectivity index (χ3v) is 4.61. The molecule has 1 N–H and O–H groups in total. The molecule has 2 fully saturated rings. The van der Waals surface area contributed by atoms with Crippen molar-refractivity contribution in [3.05, 3.63) is 35.6 Å². The number of rotatable bonds is 3. The second kappa shape index (κ2) is 5.30. The summed E-state index contributed by atoms with van der Waals surface area (Å²) in [7, 11) is 0. The quantitative estimate of drug-likeness (QED) is 0.902. The summed E-state index contributed by atoms with van der Waals surface area (Å²) in [6.45, 7) is 0. The fourth-order valence-corrected chi connectivity index (χ4v) is 3.43. The molecule has 2 unspecified atom stereocenters. The summed E-state index contributed by atoms with van der Waals surface area (Å²) < 4.78 is 13.6. The van der Waals surface area contributed by atoms with E-state index in [1.54, 1.807) is 12.1 Å². The van der Waals surface area contributed by atoms with Crippen molar-refractivity contribution < 1.29 is 4.39 Å². The predicted molar refractivity (Wildman–Crippen MR) is 72.0 cm³/mol. The van der Waals surface area contributed by atoms with Crippen molar-refractivity contribution in [1.82, 2.24) is 5.32 Å². The Bertz CT molecular complexity index is 488. The van der Waals surface area contributed by atoms with Crippen molar-refractivity contribution in [1.29, 1.82) is 5.26 Å². The van der Waals surface area contributed by atoms with Gasteiger partial charge in [0.2, 0.25) is 0 Å². The molecule has 2 aliphatic carbocycles. The van der Waals surface area contributed by atoms with Crippen LogP contribution in [0.15, 0.2) is 24.3 Å². The number of hydrogen-bond acceptors (Lipinski definition) is 2. The van der Waals surface area contributed by atoms with E-state index in [0.717, 1.165) is 37.7 Å². The van der Waals surface area contributed by atoms with Gasteiger partial charge in [-0.15, -0.1) is 0 Å². The Kier molecular flexibility index (Phi) is 3.52. The van der Waals surface area contributed by atoms with Gasteiger partial charge in [0.1, 0.15) is 5.82 Å². The van der Waals surface area contributed by atoms with Crippen LogP contribution in [-0.2, 0) is 0 Å². The van der Waals surface area contributed by atoms with Crippen LogP contribution >= 0.6 is 0 Å². The molecule has 19 heavy (non-hydrogen) atoms. The van der Waals surface area contributed by atoms with Crippen LogP contribution in [0, 0.1) is 23.1 Å². The fourth-order valence-electron chi connectivity index (χ4n) is 3.43. The van der Waals surface area contributed by atoms with Gasteiger partial charge >= 0.3 is 0 Å². The molecule has 0 aromatic heterocycles. The summed E-state index contributed by atoms with van der Waals surface area (Å²) in [6.07, 6.45) is 5.28. The molecule has 2 saturated carbocycles. The molecule has 0 aliphatic heterocycles. The van der Waals surface area contributed by atoms with Gasteiger partial charge in [0, 0.05) is 12.1 Å². The zero-order chi connectivity index (χ0) is 13.2. The topological polar surface area (TPSA) is 35.8 Å². The summed E-state index contributed by atoms with van der Waals surface area (Å²) in [5.74, 6) is 0.440. The molecule has 2 atom stereocenters. The maximum absolute atomic E-state index is 13.6. The normalized spacial score (nSPS) is 33.7. The van der Waals surface area contributed by atoms with Gasteiger partial charge in [-0.3, -0.25) is 0 Å². The van der Waals surface area contributed by atoms with Gasteiger partial charge in [-0.1, -0.05) is 24.6 Å². The van der Waals surface area contributed by atoms with E-state index >= 15 is 0 Å². The maximum atomic E-state index is 13.6. The van der Waals surface area contributed by atoms with Crippen LogP contribution in [-0.4, -0.2) is 12.1 Å². The van der Waals surface area contributed by atoms with E-state index in [-0.39, 0.29) is 11.7 Å². The molecule has 100 valence electrons. The molecule has 0 heterocycles. The van der Waals surface area contributed by atoms with Crippen LogP contribution < -0.4 is 5.32 Å². The van der Waals surface area contributed by atoms with Crippen LogP contribution in [0.5, 0.6) is 0 Å². The van der Waals surface area contributed by atoms with E-state index in [1.165, 1.54) is 0 Å². The first-order chi connectivity index (χ1) is 9.28. The molecule has 0 radical (unpaired) electrons. The van der Waals surface area contributed by atoms with Crippen LogP contribution in [0.1, 0.15) is 43.6 Å². The zero-order valence-electron chi connectivity index (χ0n) is 11.0. The molecule has 1 aromatic rings. The molecular weight excluding hydrogens is 239 g/mol. The Morgan fingerprint density at radius 2 is 2.00 bits per heavy atom. The summed E-state index contributed by atoms with van der Waals surface area (Å²) in [5, 5.41) is 12.7. The van der Waals surface area contributed by atoms with Crippen LogP contribution in [0.3, 0.4) is 0 Å². The average Bonchev–Trinajstić information content (AvgIpc) is 2.82. The van der Waals surface area contributed by atoms with Gasteiger partial charge in [-0.05, 0) is 43.2 Å². The summed E-state index contributed by atoms with van der Waals surface area (Å²) in [5.41, 5.74) is 0.851. The molecule has 0 bridgehead atoms. The molecule has 3 rings (SSSR count). The van der Waals surface area contributed by atoms with E-state index in [1.807, 2.05) is 12.1 Å². The summed E-state index contributed by atoms with van der Waals surface area (Å²) in [6, 6.07) is 10.3. The van der Waals surface area contributed by atoms with Crippen LogP contribution in [0.2, 0.25) is 0 Å². The highest BCUT2D eigenvalue weighted by molar-refractivity contribution is 5.24. The van der Waals surface area contributed by atoms with Crippen molar-refractivity contribution in [2.24, 2.45) is 5.92 Å². The van der Waals surface area contributed by atoms with Gasteiger partial charge in [0.15, 0.2) is 0 Å². The highest BCUT2D eigenvalue weighted by atomic mass is 19.1. The standard InChI is InChI=1S/C16H19FN2/c17-15-6-2-1-5-14(15)12-8-13(9-12)19-16-7-3-4-11(16)10-18/h1-2,5-6,11-13,16,19H,3-4,7-9H2. The number of nitriles is 1. The molecule has 0 spiro atoms. The molecule has 3 heteroatoms. The number of nitrogens with zero attached hydrogens (tertiary/aromatic N) is 1. The van der Waals surface area contributed by atoms with Gasteiger partial charge in [-0.2, -0.15) is 5.26 Å². The first-order valence-electron chi connectivity index (χ1n) is 7.18. The highest BCUT2D eigenvalue weighted by Gasteiger charge is 2.36. The lowest BCUT2D eigenvalue weighted by Crippen LogP contribution is -2.46. The third kappa shape index (κ3) is 2.50. The van der Waals surface area contributed by atoms with Crippen molar-refractivity contribution in [3.8, 4) is 6.07 Å². The highest BCUT2D eigenvalue weighted by Crippen LogP contribution is 2.39. The van der Waals surface area contributed by atoms with Crippen LogP contribution in [0.4, 0.5) is 4.39 Å². The van der Waals surface area contributed by atoms with Gasteiger partial charge in [-0.25, -0.2) is 4.39 Å². The van der Waals surface area contributed by atoms with E-state index in [4.69, 9.17) is 5.26 Å². The molecular formula is C16H19FN2. The summed E-state index contributed by atoms with van der Waals surface area (Å²) >= 11 is 0. The minimum atomic E-state index is -0.0817. The van der Waals surface area contributed by atoms with E-state index in [9.17, 15) is 4.39 Å². The first kappa shape index (κ1) is 12.6. The molecule has 1 aromatic carbocycles. The lowest BCUT2D eigenvalue weighted by Gasteiger charge is -2.38. The molecule has 2 nitrogen and oxygen atoms in total. The van der Waals surface area contributed by atoms with Crippen molar-refractivity contribution in [2.75, 3.05) is 0 Å². The van der Waals surface area contributed by atoms with Crippen molar-refractivity contribution >= 4 is 0 Å². The smallest absolute Gasteiger partial charge is 0.126 e. The van der Waals surface area contributed by atoms with Gasteiger partial charge in [0.05, 0.1) is 12.0 Å². The van der Waals surface area contributed by atoms with E-state index < -0.39 is 0 Å². The molecule has 0 saturated heterocycles. The Morgan fingerprint density at radius 3 is 2.74 bits per heavy atom. The second-order valence-corrected chi connectivity index (χ2v) is 5.83. The van der Waals surface area contributed by atoms with Gasteiger partial charge < -0.3 is 5.32 Å². The number of halogens is 1. The summed E-state index contributed by atoms with van der Waals surface area (Å²) in [4.78, 5) is 0. The number of hydrogen-bond donors (Lipinski definition) is 1. The Labute approximate surface area is 113 Å². The number of benzene rings is 1. The van der Waals surface area contributed by atoms with Crippen molar-refractivity contribution in [3.63, 3.8) is 0 Å². The van der Waals surface area contributed by atoms with E-state index in [2.05, 4.69) is 11.4 Å². The molecule has 0 amide bonds. The SMILES string of the molecule is N#CC1CCCC1NC1CC(c2ccccc2F)C1.